The largest absolute Gasteiger partial charge is 0.272 e. The Morgan fingerprint density at radius 3 is 2.83 bits per heavy atom. The average molecular weight is 250 g/mol. The molecule has 3 rings (SSSR count). The standard InChI is InChI=1S/C13H12F2N2O/c14-8-5-6-12(10(15)7-8)17-13(18)9-3-1-2-4-11(9)16-17/h5-7,9H,1-4H2. The highest BCUT2D eigenvalue weighted by Gasteiger charge is 2.38. The van der Waals surface area contributed by atoms with Crippen molar-refractivity contribution in [3.8, 4) is 0 Å². The lowest BCUT2D eigenvalue weighted by Gasteiger charge is -2.17. The first-order valence-corrected chi connectivity index (χ1v) is 6.03. The number of hydrogen-bond acceptors (Lipinski definition) is 2. The fraction of sp³-hybridized carbons (Fsp3) is 0.385. The number of rotatable bonds is 1. The zero-order valence-electron chi connectivity index (χ0n) is 9.70. The highest BCUT2D eigenvalue weighted by molar-refractivity contribution is 6.15. The molecule has 0 N–H and O–H groups in total. The maximum atomic E-state index is 13.7. The summed E-state index contributed by atoms with van der Waals surface area (Å²) in [6, 6.07) is 3.16. The van der Waals surface area contributed by atoms with E-state index in [9.17, 15) is 13.6 Å². The summed E-state index contributed by atoms with van der Waals surface area (Å²) in [4.78, 5) is 12.1. The molecule has 0 saturated heterocycles. The van der Waals surface area contributed by atoms with Crippen LogP contribution in [-0.2, 0) is 4.79 Å². The van der Waals surface area contributed by atoms with Gasteiger partial charge in [0.1, 0.15) is 11.5 Å². The summed E-state index contributed by atoms with van der Waals surface area (Å²) in [5.41, 5.74) is 0.860. The zero-order valence-corrected chi connectivity index (χ0v) is 9.70. The Bertz CT molecular complexity index is 542. The van der Waals surface area contributed by atoms with E-state index in [1.165, 1.54) is 6.07 Å². The lowest BCUT2D eigenvalue weighted by Crippen LogP contribution is -2.29. The van der Waals surface area contributed by atoms with E-state index < -0.39 is 11.6 Å². The number of amides is 1. The molecule has 1 aliphatic heterocycles. The molecule has 3 nitrogen and oxygen atoms in total. The molecule has 1 aromatic rings. The van der Waals surface area contributed by atoms with E-state index in [0.717, 1.165) is 48.5 Å². The number of anilines is 1. The molecule has 0 aromatic heterocycles. The van der Waals surface area contributed by atoms with Gasteiger partial charge in [-0.25, -0.2) is 8.78 Å². The summed E-state index contributed by atoms with van der Waals surface area (Å²) in [6.45, 7) is 0. The van der Waals surface area contributed by atoms with Crippen LogP contribution in [0.4, 0.5) is 14.5 Å². The SMILES string of the molecule is O=C1C2CCCCC2=NN1c1ccc(F)cc1F. The van der Waals surface area contributed by atoms with Gasteiger partial charge in [0.2, 0.25) is 0 Å². The first-order valence-electron chi connectivity index (χ1n) is 6.03. The molecule has 94 valence electrons. The second-order valence-corrected chi connectivity index (χ2v) is 4.64. The first-order chi connectivity index (χ1) is 8.66. The fourth-order valence-corrected chi connectivity index (χ4v) is 2.53. The molecule has 0 radical (unpaired) electrons. The number of halogens is 2. The number of nitrogens with zero attached hydrogens (tertiary/aromatic N) is 2. The van der Waals surface area contributed by atoms with Crippen LogP contribution in [0.25, 0.3) is 0 Å². The predicted octanol–water partition coefficient (Wildman–Crippen LogP) is 2.86. The molecular weight excluding hydrogens is 238 g/mol. The third-order valence-electron chi connectivity index (χ3n) is 3.45. The van der Waals surface area contributed by atoms with Gasteiger partial charge in [0.15, 0.2) is 5.82 Å². The molecule has 1 aromatic carbocycles. The molecule has 0 spiro atoms. The zero-order chi connectivity index (χ0) is 12.7. The highest BCUT2D eigenvalue weighted by Crippen LogP contribution is 2.33. The van der Waals surface area contributed by atoms with Crippen molar-refractivity contribution < 1.29 is 13.6 Å². The van der Waals surface area contributed by atoms with Crippen LogP contribution in [0.3, 0.4) is 0 Å². The van der Waals surface area contributed by atoms with Crippen LogP contribution in [0, 0.1) is 17.6 Å². The third kappa shape index (κ3) is 1.70. The van der Waals surface area contributed by atoms with Crippen molar-refractivity contribution in [3.05, 3.63) is 29.8 Å². The van der Waals surface area contributed by atoms with E-state index in [-0.39, 0.29) is 17.5 Å². The van der Waals surface area contributed by atoms with Crippen molar-refractivity contribution in [2.45, 2.75) is 25.7 Å². The van der Waals surface area contributed by atoms with Crippen molar-refractivity contribution in [2.24, 2.45) is 11.0 Å². The van der Waals surface area contributed by atoms with E-state index in [2.05, 4.69) is 5.10 Å². The molecule has 1 amide bonds. The molecule has 5 heteroatoms. The quantitative estimate of drug-likeness (QED) is 0.754. The minimum atomic E-state index is -0.758. The van der Waals surface area contributed by atoms with Crippen LogP contribution in [0.15, 0.2) is 23.3 Å². The topological polar surface area (TPSA) is 32.7 Å². The van der Waals surface area contributed by atoms with Gasteiger partial charge >= 0.3 is 0 Å². The predicted molar refractivity (Wildman–Crippen MR) is 63.2 cm³/mol. The summed E-state index contributed by atoms with van der Waals surface area (Å²) < 4.78 is 26.5. The number of carbonyl (C=O) groups is 1. The summed E-state index contributed by atoms with van der Waals surface area (Å²) in [7, 11) is 0. The van der Waals surface area contributed by atoms with Gasteiger partial charge in [0.05, 0.1) is 11.6 Å². The van der Waals surface area contributed by atoms with Gasteiger partial charge in [0.25, 0.3) is 5.91 Å². The summed E-state index contributed by atoms with van der Waals surface area (Å²) in [5, 5.41) is 5.27. The van der Waals surface area contributed by atoms with Crippen LogP contribution >= 0.6 is 0 Å². The molecule has 2 aliphatic rings. The normalized spacial score (nSPS) is 23.0. The van der Waals surface area contributed by atoms with Crippen molar-refractivity contribution in [2.75, 3.05) is 5.01 Å². The van der Waals surface area contributed by atoms with Crippen LogP contribution in [0.5, 0.6) is 0 Å². The Morgan fingerprint density at radius 2 is 2.11 bits per heavy atom. The van der Waals surface area contributed by atoms with E-state index >= 15 is 0 Å². The van der Waals surface area contributed by atoms with E-state index in [1.807, 2.05) is 0 Å². The Kier molecular flexibility index (Phi) is 2.61. The number of fused-ring (bicyclic) bond motifs is 1. The van der Waals surface area contributed by atoms with Crippen molar-refractivity contribution in [1.29, 1.82) is 0 Å². The van der Waals surface area contributed by atoms with Crippen LogP contribution in [0.1, 0.15) is 25.7 Å². The van der Waals surface area contributed by atoms with Gasteiger partial charge in [-0.2, -0.15) is 10.1 Å². The lowest BCUT2D eigenvalue weighted by molar-refractivity contribution is -0.120. The Hall–Kier alpha value is -1.78. The molecule has 1 fully saturated rings. The molecular formula is C13H12F2N2O. The number of hydrogen-bond donors (Lipinski definition) is 0. The van der Waals surface area contributed by atoms with Crippen LogP contribution in [0.2, 0.25) is 0 Å². The average Bonchev–Trinajstić information content (AvgIpc) is 2.68. The summed E-state index contributed by atoms with van der Waals surface area (Å²) in [5.74, 6) is -1.82. The molecule has 1 unspecified atom stereocenters. The number of hydrazone groups is 1. The van der Waals surface area contributed by atoms with Gasteiger partial charge < -0.3 is 0 Å². The van der Waals surface area contributed by atoms with E-state index in [1.54, 1.807) is 0 Å². The second kappa shape index (κ2) is 4.15. The van der Waals surface area contributed by atoms with Gasteiger partial charge in [-0.1, -0.05) is 6.42 Å². The molecule has 0 bridgehead atoms. The maximum absolute atomic E-state index is 13.7. The Labute approximate surface area is 103 Å². The molecule has 1 saturated carbocycles. The third-order valence-corrected chi connectivity index (χ3v) is 3.45. The minimum Gasteiger partial charge on any atom is -0.272 e. The Morgan fingerprint density at radius 1 is 1.28 bits per heavy atom. The van der Waals surface area contributed by atoms with Gasteiger partial charge in [0, 0.05) is 6.07 Å². The summed E-state index contributed by atoms with van der Waals surface area (Å²) >= 11 is 0. The molecule has 1 aliphatic carbocycles. The monoisotopic (exact) mass is 250 g/mol. The maximum Gasteiger partial charge on any atom is 0.256 e. The van der Waals surface area contributed by atoms with Crippen molar-refractivity contribution in [1.82, 2.24) is 0 Å². The lowest BCUT2D eigenvalue weighted by atomic mass is 9.87. The van der Waals surface area contributed by atoms with Crippen LogP contribution < -0.4 is 5.01 Å². The highest BCUT2D eigenvalue weighted by atomic mass is 19.1. The first kappa shape index (κ1) is 11.3. The van der Waals surface area contributed by atoms with Gasteiger partial charge in [-0.15, -0.1) is 0 Å². The van der Waals surface area contributed by atoms with Gasteiger partial charge in [-0.3, -0.25) is 4.79 Å². The fourth-order valence-electron chi connectivity index (χ4n) is 2.53. The summed E-state index contributed by atoms with van der Waals surface area (Å²) in [6.07, 6.45) is 3.57. The smallest absolute Gasteiger partial charge is 0.256 e. The van der Waals surface area contributed by atoms with E-state index in [0.29, 0.717) is 0 Å². The van der Waals surface area contributed by atoms with E-state index in [4.69, 9.17) is 0 Å². The van der Waals surface area contributed by atoms with Crippen molar-refractivity contribution in [3.63, 3.8) is 0 Å². The molecule has 1 atom stereocenters. The number of benzene rings is 1. The molecule has 1 heterocycles. The van der Waals surface area contributed by atoms with Crippen LogP contribution in [-0.4, -0.2) is 11.6 Å². The van der Waals surface area contributed by atoms with Crippen molar-refractivity contribution >= 4 is 17.3 Å². The molecule has 18 heavy (non-hydrogen) atoms. The minimum absolute atomic E-state index is 0.0308. The van der Waals surface area contributed by atoms with Gasteiger partial charge in [-0.05, 0) is 31.4 Å². The second-order valence-electron chi connectivity index (χ2n) is 4.64. The Balaban J connectivity index is 1.97. The number of carbonyl (C=O) groups excluding carboxylic acids is 1.